The molecule has 1 fully saturated rings. The summed E-state index contributed by atoms with van der Waals surface area (Å²) in [6.45, 7) is 2.09. The fraction of sp³-hybridized carbons (Fsp3) is 0.875. The number of halogens is 1. The van der Waals surface area contributed by atoms with Crippen molar-refractivity contribution >= 4 is 18.4 Å². The number of carboxylic acid groups (broad SMARTS) is 1. The first-order valence-electron chi connectivity index (χ1n) is 4.09. The van der Waals surface area contributed by atoms with E-state index in [1.54, 1.807) is 0 Å². The van der Waals surface area contributed by atoms with Gasteiger partial charge >= 0.3 is 5.97 Å². The molecule has 1 rings (SSSR count). The van der Waals surface area contributed by atoms with Gasteiger partial charge in [-0.25, -0.2) is 0 Å². The first-order chi connectivity index (χ1) is 5.11. The highest BCUT2D eigenvalue weighted by Crippen LogP contribution is 2.27. The predicted octanol–water partition coefficient (Wildman–Crippen LogP) is 1.26. The Labute approximate surface area is 78.7 Å². The van der Waals surface area contributed by atoms with Gasteiger partial charge < -0.3 is 10.8 Å². The first kappa shape index (κ1) is 11.7. The molecule has 4 heteroatoms. The largest absolute Gasteiger partial charge is 0.481 e. The Hall–Kier alpha value is -0.280. The van der Waals surface area contributed by atoms with Crippen LogP contribution in [0.3, 0.4) is 0 Å². The number of hydrogen-bond donors (Lipinski definition) is 2. The molecular weight excluding hydrogens is 178 g/mol. The van der Waals surface area contributed by atoms with Gasteiger partial charge in [0.1, 0.15) is 0 Å². The van der Waals surface area contributed by atoms with Crippen molar-refractivity contribution in [2.24, 2.45) is 17.6 Å². The average molecular weight is 194 g/mol. The molecule has 0 aromatic rings. The van der Waals surface area contributed by atoms with Crippen LogP contribution < -0.4 is 5.73 Å². The summed E-state index contributed by atoms with van der Waals surface area (Å²) >= 11 is 0. The highest BCUT2D eigenvalue weighted by atomic mass is 35.5. The van der Waals surface area contributed by atoms with Crippen LogP contribution in [0.5, 0.6) is 0 Å². The number of carbonyl (C=O) groups is 1. The Balaban J connectivity index is 0.00000121. The Morgan fingerprint density at radius 2 is 2.08 bits per heavy atom. The van der Waals surface area contributed by atoms with Gasteiger partial charge in [0, 0.05) is 6.04 Å². The lowest BCUT2D eigenvalue weighted by Gasteiger charge is -2.29. The molecule has 0 aromatic carbocycles. The van der Waals surface area contributed by atoms with Crippen molar-refractivity contribution in [2.75, 3.05) is 0 Å². The highest BCUT2D eigenvalue weighted by Gasteiger charge is 2.30. The molecule has 0 aromatic heterocycles. The van der Waals surface area contributed by atoms with Crippen LogP contribution in [0, 0.1) is 11.8 Å². The first-order valence-corrected chi connectivity index (χ1v) is 4.09. The Bertz CT molecular complexity index is 163. The van der Waals surface area contributed by atoms with Crippen LogP contribution in [0.4, 0.5) is 0 Å². The van der Waals surface area contributed by atoms with Crippen molar-refractivity contribution in [1.29, 1.82) is 0 Å². The summed E-state index contributed by atoms with van der Waals surface area (Å²) in [5, 5.41) is 8.75. The quantitative estimate of drug-likeness (QED) is 0.659. The molecular formula is C8H16ClNO2. The van der Waals surface area contributed by atoms with Gasteiger partial charge in [-0.05, 0) is 25.2 Å². The summed E-state index contributed by atoms with van der Waals surface area (Å²) < 4.78 is 0. The van der Waals surface area contributed by atoms with Crippen LogP contribution in [-0.2, 0) is 4.79 Å². The number of nitrogens with two attached hydrogens (primary N) is 1. The lowest BCUT2D eigenvalue weighted by Crippen LogP contribution is -2.40. The topological polar surface area (TPSA) is 63.3 Å². The van der Waals surface area contributed by atoms with Gasteiger partial charge in [0.25, 0.3) is 0 Å². The molecule has 1 aliphatic rings. The van der Waals surface area contributed by atoms with Gasteiger partial charge in [-0.2, -0.15) is 0 Å². The van der Waals surface area contributed by atoms with E-state index in [-0.39, 0.29) is 24.4 Å². The van der Waals surface area contributed by atoms with Gasteiger partial charge in [-0.1, -0.05) is 6.92 Å². The molecule has 1 saturated carbocycles. The molecule has 72 valence electrons. The van der Waals surface area contributed by atoms with Gasteiger partial charge in [-0.15, -0.1) is 12.4 Å². The van der Waals surface area contributed by atoms with Crippen molar-refractivity contribution in [3.05, 3.63) is 0 Å². The summed E-state index contributed by atoms with van der Waals surface area (Å²) in [6, 6.07) is -0.122. The maximum absolute atomic E-state index is 10.6. The predicted molar refractivity (Wildman–Crippen MR) is 49.4 cm³/mol. The zero-order valence-electron chi connectivity index (χ0n) is 7.19. The molecule has 0 aliphatic heterocycles. The summed E-state index contributed by atoms with van der Waals surface area (Å²) in [7, 11) is 0. The van der Waals surface area contributed by atoms with E-state index >= 15 is 0 Å². The molecule has 0 saturated heterocycles. The minimum Gasteiger partial charge on any atom is -0.481 e. The number of aliphatic carboxylic acids is 1. The molecule has 3 unspecified atom stereocenters. The summed E-state index contributed by atoms with van der Waals surface area (Å²) in [4.78, 5) is 10.6. The van der Waals surface area contributed by atoms with Gasteiger partial charge in [0.05, 0.1) is 5.92 Å². The van der Waals surface area contributed by atoms with E-state index in [9.17, 15) is 4.79 Å². The lowest BCUT2D eigenvalue weighted by molar-refractivity contribution is -0.143. The Morgan fingerprint density at radius 3 is 2.50 bits per heavy atom. The van der Waals surface area contributed by atoms with E-state index in [2.05, 4.69) is 6.92 Å². The molecule has 12 heavy (non-hydrogen) atoms. The van der Waals surface area contributed by atoms with E-state index in [1.165, 1.54) is 0 Å². The van der Waals surface area contributed by atoms with Crippen LogP contribution in [0.25, 0.3) is 0 Å². The van der Waals surface area contributed by atoms with Gasteiger partial charge in [-0.3, -0.25) is 4.79 Å². The SMILES string of the molecule is CC1CCC(N)C(C(=O)O)C1.Cl. The van der Waals surface area contributed by atoms with E-state index in [1.807, 2.05) is 0 Å². The van der Waals surface area contributed by atoms with Crippen LogP contribution in [0.15, 0.2) is 0 Å². The Morgan fingerprint density at radius 1 is 1.50 bits per heavy atom. The highest BCUT2D eigenvalue weighted by molar-refractivity contribution is 5.85. The minimum atomic E-state index is -0.732. The fourth-order valence-electron chi connectivity index (χ4n) is 1.69. The van der Waals surface area contributed by atoms with Gasteiger partial charge in [0.2, 0.25) is 0 Å². The summed E-state index contributed by atoms with van der Waals surface area (Å²) in [5.74, 6) is -0.515. The van der Waals surface area contributed by atoms with Crippen molar-refractivity contribution in [1.82, 2.24) is 0 Å². The van der Waals surface area contributed by atoms with Crippen molar-refractivity contribution in [3.8, 4) is 0 Å². The zero-order chi connectivity index (χ0) is 8.43. The van der Waals surface area contributed by atoms with E-state index in [0.29, 0.717) is 5.92 Å². The molecule has 3 nitrogen and oxygen atoms in total. The molecule has 3 atom stereocenters. The molecule has 0 radical (unpaired) electrons. The van der Waals surface area contributed by atoms with Crippen LogP contribution in [-0.4, -0.2) is 17.1 Å². The zero-order valence-corrected chi connectivity index (χ0v) is 8.01. The maximum atomic E-state index is 10.6. The summed E-state index contributed by atoms with van der Waals surface area (Å²) in [6.07, 6.45) is 2.68. The average Bonchev–Trinajstić information content (AvgIpc) is 1.94. The third-order valence-corrected chi connectivity index (χ3v) is 2.48. The second-order valence-corrected chi connectivity index (χ2v) is 3.53. The van der Waals surface area contributed by atoms with Crippen LogP contribution >= 0.6 is 12.4 Å². The smallest absolute Gasteiger partial charge is 0.308 e. The normalized spacial score (nSPS) is 35.3. The molecule has 3 N–H and O–H groups in total. The molecule has 0 heterocycles. The van der Waals surface area contributed by atoms with Crippen LogP contribution in [0.1, 0.15) is 26.2 Å². The molecule has 0 bridgehead atoms. The number of hydrogen-bond acceptors (Lipinski definition) is 2. The summed E-state index contributed by atoms with van der Waals surface area (Å²) in [5.41, 5.74) is 5.66. The lowest BCUT2D eigenvalue weighted by atomic mass is 9.79. The van der Waals surface area contributed by atoms with E-state index in [4.69, 9.17) is 10.8 Å². The third-order valence-electron chi connectivity index (χ3n) is 2.48. The second-order valence-electron chi connectivity index (χ2n) is 3.53. The molecule has 1 aliphatic carbocycles. The van der Waals surface area contributed by atoms with Crippen molar-refractivity contribution in [2.45, 2.75) is 32.2 Å². The third kappa shape index (κ3) is 2.64. The van der Waals surface area contributed by atoms with E-state index < -0.39 is 5.97 Å². The Kier molecular flexibility index (Phi) is 4.57. The maximum Gasteiger partial charge on any atom is 0.308 e. The molecule has 0 spiro atoms. The fourth-order valence-corrected chi connectivity index (χ4v) is 1.69. The number of rotatable bonds is 1. The van der Waals surface area contributed by atoms with Crippen LogP contribution in [0.2, 0.25) is 0 Å². The molecule has 0 amide bonds. The minimum absolute atomic E-state index is 0. The van der Waals surface area contributed by atoms with Gasteiger partial charge in [0.15, 0.2) is 0 Å². The van der Waals surface area contributed by atoms with Crippen molar-refractivity contribution in [3.63, 3.8) is 0 Å². The monoisotopic (exact) mass is 193 g/mol. The number of carboxylic acids is 1. The van der Waals surface area contributed by atoms with Crippen molar-refractivity contribution < 1.29 is 9.90 Å². The second kappa shape index (κ2) is 4.67. The van der Waals surface area contributed by atoms with E-state index in [0.717, 1.165) is 19.3 Å². The standard InChI is InChI=1S/C8H15NO2.ClH/c1-5-2-3-7(9)6(4-5)8(10)11;/h5-7H,2-4,9H2,1H3,(H,10,11);1H.